The van der Waals surface area contributed by atoms with E-state index in [1.54, 1.807) is 36.8 Å². The standard InChI is InChI=1S/C14H11N7O3S/c22-14-21(7-8-23-14)10-3-6-16-12(17-10)20-25-13-18-11(19-24-13)9-1-4-15-5-2-9/h1-6H,7-8H2,(H,16,17,20). The Morgan fingerprint density at radius 2 is 2.04 bits per heavy atom. The molecule has 0 atom stereocenters. The predicted molar refractivity (Wildman–Crippen MR) is 87.7 cm³/mol. The van der Waals surface area contributed by atoms with Gasteiger partial charge in [-0.15, -0.1) is 0 Å². The number of carbonyl (C=O) groups excluding carboxylic acids is 1. The molecule has 0 radical (unpaired) electrons. The Morgan fingerprint density at radius 3 is 2.84 bits per heavy atom. The van der Waals surface area contributed by atoms with E-state index in [0.717, 1.165) is 17.5 Å². The number of cyclic esters (lactones) is 1. The molecule has 4 heterocycles. The lowest BCUT2D eigenvalue weighted by molar-refractivity contribution is 0.181. The first kappa shape index (κ1) is 15.3. The van der Waals surface area contributed by atoms with Gasteiger partial charge in [0.25, 0.3) is 0 Å². The molecule has 1 fully saturated rings. The summed E-state index contributed by atoms with van der Waals surface area (Å²) in [5.41, 5.74) is 0.802. The number of amides is 1. The number of aromatic nitrogens is 5. The second-order valence-electron chi connectivity index (χ2n) is 4.83. The van der Waals surface area contributed by atoms with E-state index in [-0.39, 0.29) is 0 Å². The molecule has 25 heavy (non-hydrogen) atoms. The summed E-state index contributed by atoms with van der Waals surface area (Å²) in [6, 6.07) is 5.21. The van der Waals surface area contributed by atoms with Crippen molar-refractivity contribution in [1.82, 2.24) is 25.1 Å². The first-order valence-corrected chi connectivity index (χ1v) is 8.05. The summed E-state index contributed by atoms with van der Waals surface area (Å²) in [5, 5.41) is 4.21. The Labute approximate surface area is 145 Å². The lowest BCUT2D eigenvalue weighted by Crippen LogP contribution is -2.24. The van der Waals surface area contributed by atoms with Gasteiger partial charge in [-0.2, -0.15) is 9.97 Å². The van der Waals surface area contributed by atoms with Crippen LogP contribution in [-0.2, 0) is 4.74 Å². The molecule has 1 amide bonds. The van der Waals surface area contributed by atoms with Gasteiger partial charge in [0, 0.05) is 24.2 Å². The fourth-order valence-electron chi connectivity index (χ4n) is 2.11. The predicted octanol–water partition coefficient (Wildman–Crippen LogP) is 2.00. The average Bonchev–Trinajstić information content (AvgIpc) is 3.30. The fourth-order valence-corrected chi connectivity index (χ4v) is 2.59. The molecule has 11 heteroatoms. The maximum atomic E-state index is 11.6. The number of pyridine rings is 1. The van der Waals surface area contributed by atoms with Crippen LogP contribution in [-0.4, -0.2) is 44.3 Å². The van der Waals surface area contributed by atoms with Gasteiger partial charge < -0.3 is 9.26 Å². The highest BCUT2D eigenvalue weighted by Gasteiger charge is 2.25. The van der Waals surface area contributed by atoms with Crippen LogP contribution in [0.4, 0.5) is 16.6 Å². The van der Waals surface area contributed by atoms with Gasteiger partial charge in [0.05, 0.1) is 18.5 Å². The van der Waals surface area contributed by atoms with Gasteiger partial charge in [-0.25, -0.2) is 9.78 Å². The summed E-state index contributed by atoms with van der Waals surface area (Å²) in [4.78, 5) is 29.6. The maximum Gasteiger partial charge on any atom is 0.415 e. The number of rotatable bonds is 5. The highest BCUT2D eigenvalue weighted by molar-refractivity contribution is 8.00. The van der Waals surface area contributed by atoms with E-state index in [1.165, 1.54) is 4.90 Å². The summed E-state index contributed by atoms with van der Waals surface area (Å²) in [6.45, 7) is 0.807. The smallest absolute Gasteiger partial charge is 0.415 e. The van der Waals surface area contributed by atoms with Crippen molar-refractivity contribution in [1.29, 1.82) is 0 Å². The largest absolute Gasteiger partial charge is 0.447 e. The Hall–Kier alpha value is -3.21. The maximum absolute atomic E-state index is 11.6. The molecule has 1 saturated heterocycles. The Morgan fingerprint density at radius 1 is 1.16 bits per heavy atom. The monoisotopic (exact) mass is 357 g/mol. The van der Waals surface area contributed by atoms with E-state index in [0.29, 0.717) is 36.0 Å². The SMILES string of the molecule is O=C1OCCN1c1ccnc(NSc2nc(-c3ccncc3)no2)n1. The van der Waals surface area contributed by atoms with E-state index in [9.17, 15) is 4.79 Å². The van der Waals surface area contributed by atoms with Gasteiger partial charge in [0.2, 0.25) is 11.8 Å². The van der Waals surface area contributed by atoms with Gasteiger partial charge in [-0.3, -0.25) is 14.6 Å². The Bertz CT molecular complexity index is 889. The van der Waals surface area contributed by atoms with Crippen LogP contribution in [0, 0.1) is 0 Å². The van der Waals surface area contributed by atoms with Crippen LogP contribution >= 0.6 is 11.9 Å². The molecule has 0 saturated carbocycles. The Kier molecular flexibility index (Phi) is 4.12. The lowest BCUT2D eigenvalue weighted by atomic mass is 10.3. The highest BCUT2D eigenvalue weighted by atomic mass is 32.2. The van der Waals surface area contributed by atoms with E-state index < -0.39 is 6.09 Å². The van der Waals surface area contributed by atoms with E-state index in [1.807, 2.05) is 0 Å². The van der Waals surface area contributed by atoms with Crippen molar-refractivity contribution in [2.45, 2.75) is 5.22 Å². The molecular weight excluding hydrogens is 346 g/mol. The zero-order valence-corrected chi connectivity index (χ0v) is 13.5. The van der Waals surface area contributed by atoms with Crippen molar-refractivity contribution >= 4 is 29.8 Å². The first-order chi connectivity index (χ1) is 12.3. The highest BCUT2D eigenvalue weighted by Crippen LogP contribution is 2.23. The Balaban J connectivity index is 1.43. The van der Waals surface area contributed by atoms with E-state index in [4.69, 9.17) is 9.26 Å². The zero-order valence-electron chi connectivity index (χ0n) is 12.7. The number of carbonyl (C=O) groups is 1. The van der Waals surface area contributed by atoms with Crippen LogP contribution in [0.2, 0.25) is 0 Å². The van der Waals surface area contributed by atoms with Crippen molar-refractivity contribution in [3.8, 4) is 11.4 Å². The second-order valence-corrected chi connectivity index (χ2v) is 5.59. The van der Waals surface area contributed by atoms with Crippen molar-refractivity contribution in [2.75, 3.05) is 22.8 Å². The summed E-state index contributed by atoms with van der Waals surface area (Å²) in [6.07, 6.45) is 4.43. The number of hydrogen-bond acceptors (Lipinski definition) is 10. The molecule has 3 aromatic heterocycles. The van der Waals surface area contributed by atoms with Crippen LogP contribution in [0.5, 0.6) is 0 Å². The molecule has 0 bridgehead atoms. The third kappa shape index (κ3) is 3.35. The van der Waals surface area contributed by atoms with Gasteiger partial charge in [-0.1, -0.05) is 5.16 Å². The fraction of sp³-hybridized carbons (Fsp3) is 0.143. The van der Waals surface area contributed by atoms with Gasteiger partial charge in [-0.05, 0) is 18.2 Å². The van der Waals surface area contributed by atoms with Crippen LogP contribution in [0.25, 0.3) is 11.4 Å². The summed E-state index contributed by atoms with van der Waals surface area (Å²) >= 11 is 1.08. The molecule has 0 aliphatic carbocycles. The number of ether oxygens (including phenoxy) is 1. The molecule has 0 unspecified atom stereocenters. The molecule has 126 valence electrons. The zero-order chi connectivity index (χ0) is 17.1. The molecule has 4 rings (SSSR count). The average molecular weight is 357 g/mol. The van der Waals surface area contributed by atoms with Gasteiger partial charge >= 0.3 is 11.3 Å². The lowest BCUT2D eigenvalue weighted by Gasteiger charge is -2.11. The molecule has 10 nitrogen and oxygen atoms in total. The summed E-state index contributed by atoms with van der Waals surface area (Å²) < 4.78 is 13.0. The second kappa shape index (κ2) is 6.73. The first-order valence-electron chi connectivity index (χ1n) is 7.24. The van der Waals surface area contributed by atoms with Crippen LogP contribution in [0.15, 0.2) is 46.5 Å². The van der Waals surface area contributed by atoms with Crippen LogP contribution in [0.1, 0.15) is 0 Å². The summed E-state index contributed by atoms with van der Waals surface area (Å²) in [7, 11) is 0. The molecule has 1 aliphatic heterocycles. The van der Waals surface area contributed by atoms with Gasteiger partial charge in [0.15, 0.2) is 0 Å². The summed E-state index contributed by atoms with van der Waals surface area (Å²) in [5.74, 6) is 1.23. The van der Waals surface area contributed by atoms with Crippen molar-refractivity contribution < 1.29 is 14.1 Å². The van der Waals surface area contributed by atoms with E-state index >= 15 is 0 Å². The van der Waals surface area contributed by atoms with Crippen molar-refractivity contribution in [3.05, 3.63) is 36.8 Å². The van der Waals surface area contributed by atoms with Crippen molar-refractivity contribution in [3.63, 3.8) is 0 Å². The molecule has 3 aromatic rings. The molecule has 1 N–H and O–H groups in total. The minimum absolute atomic E-state index is 0.307. The molecular formula is C14H11N7O3S. The topological polar surface area (TPSA) is 119 Å². The number of anilines is 2. The minimum atomic E-state index is -0.420. The molecule has 0 aromatic carbocycles. The molecule has 0 spiro atoms. The minimum Gasteiger partial charge on any atom is -0.447 e. The number of nitrogens with zero attached hydrogens (tertiary/aromatic N) is 6. The third-order valence-electron chi connectivity index (χ3n) is 3.25. The van der Waals surface area contributed by atoms with Crippen LogP contribution in [0.3, 0.4) is 0 Å². The molecule has 1 aliphatic rings. The third-order valence-corrected chi connectivity index (χ3v) is 3.88. The number of nitrogens with one attached hydrogen (secondary N) is 1. The normalized spacial score (nSPS) is 13.8. The van der Waals surface area contributed by atoms with Gasteiger partial charge in [0.1, 0.15) is 12.4 Å². The quantitative estimate of drug-likeness (QED) is 0.679. The number of hydrogen-bond donors (Lipinski definition) is 1. The van der Waals surface area contributed by atoms with Crippen molar-refractivity contribution in [2.24, 2.45) is 0 Å². The van der Waals surface area contributed by atoms with Crippen LogP contribution < -0.4 is 9.62 Å². The van der Waals surface area contributed by atoms with E-state index in [2.05, 4.69) is 29.8 Å².